The number of fused-ring (bicyclic) bond motifs is 1. The predicted molar refractivity (Wildman–Crippen MR) is 87.2 cm³/mol. The van der Waals surface area contributed by atoms with Crippen LogP contribution in [-0.2, 0) is 0 Å². The van der Waals surface area contributed by atoms with Crippen LogP contribution in [-0.4, -0.2) is 54.3 Å². The second kappa shape index (κ2) is 9.25. The molecule has 1 atom stereocenters. The third-order valence-electron chi connectivity index (χ3n) is 4.80. The summed E-state index contributed by atoms with van der Waals surface area (Å²) in [5.41, 5.74) is 0. The topological polar surface area (TPSA) is 6.48 Å². The zero-order chi connectivity index (χ0) is 13.3. The van der Waals surface area contributed by atoms with Gasteiger partial charge < -0.3 is 4.90 Å². The molecule has 1 unspecified atom stereocenters. The first-order valence-corrected chi connectivity index (χ1v) is 9.10. The van der Waals surface area contributed by atoms with E-state index in [0.717, 1.165) is 11.8 Å². The van der Waals surface area contributed by atoms with Gasteiger partial charge in [-0.25, -0.2) is 0 Å². The normalized spacial score (nSPS) is 24.8. The van der Waals surface area contributed by atoms with Crippen LogP contribution in [0.4, 0.5) is 0 Å². The maximum Gasteiger partial charge on any atom is 0.0224 e. The molecule has 0 amide bonds. The van der Waals surface area contributed by atoms with Crippen LogP contribution in [0.25, 0.3) is 0 Å². The lowest BCUT2D eigenvalue weighted by Crippen LogP contribution is -2.50. The van der Waals surface area contributed by atoms with Gasteiger partial charge in [0.05, 0.1) is 0 Å². The Balaban J connectivity index is 1.43. The van der Waals surface area contributed by atoms with Gasteiger partial charge in [-0.05, 0) is 44.5 Å². The number of hydrogen-bond acceptors (Lipinski definition) is 3. The number of piperazine rings is 1. The van der Waals surface area contributed by atoms with Crippen LogP contribution in [0.15, 0.2) is 0 Å². The Bertz CT molecular complexity index is 235. The minimum atomic E-state index is 0.898. The monoisotopic (exact) mass is 284 g/mol. The molecule has 2 fully saturated rings. The molecule has 0 aromatic carbocycles. The lowest BCUT2D eigenvalue weighted by molar-refractivity contribution is 0.103. The van der Waals surface area contributed by atoms with Gasteiger partial charge >= 0.3 is 0 Å². The largest absolute Gasteiger partial charge is 0.301 e. The van der Waals surface area contributed by atoms with E-state index in [1.54, 1.807) is 0 Å². The van der Waals surface area contributed by atoms with Gasteiger partial charge in [0.1, 0.15) is 0 Å². The van der Waals surface area contributed by atoms with Crippen molar-refractivity contribution in [2.24, 2.45) is 0 Å². The molecule has 2 rings (SSSR count). The maximum atomic E-state index is 4.25. The highest BCUT2D eigenvalue weighted by Gasteiger charge is 2.29. The number of thiol groups is 1. The van der Waals surface area contributed by atoms with E-state index in [1.165, 1.54) is 90.5 Å². The summed E-state index contributed by atoms with van der Waals surface area (Å²) in [5, 5.41) is 0. The molecule has 0 radical (unpaired) electrons. The first-order valence-electron chi connectivity index (χ1n) is 8.47. The fourth-order valence-electron chi connectivity index (χ4n) is 3.59. The molecule has 0 bridgehead atoms. The molecule has 0 saturated carbocycles. The average molecular weight is 285 g/mol. The van der Waals surface area contributed by atoms with E-state index in [0.29, 0.717) is 0 Å². The van der Waals surface area contributed by atoms with Gasteiger partial charge in [-0.15, -0.1) is 0 Å². The van der Waals surface area contributed by atoms with E-state index in [4.69, 9.17) is 0 Å². The van der Waals surface area contributed by atoms with E-state index in [2.05, 4.69) is 22.4 Å². The maximum absolute atomic E-state index is 4.25. The fourth-order valence-corrected chi connectivity index (χ4v) is 3.81. The summed E-state index contributed by atoms with van der Waals surface area (Å²) in [7, 11) is 0. The van der Waals surface area contributed by atoms with Crippen LogP contribution in [0.3, 0.4) is 0 Å². The number of hydrogen-bond donors (Lipinski definition) is 1. The summed E-state index contributed by atoms with van der Waals surface area (Å²) in [6.45, 7) is 6.71. The molecule has 2 aliphatic heterocycles. The van der Waals surface area contributed by atoms with Gasteiger partial charge in [-0.3, -0.25) is 4.90 Å². The van der Waals surface area contributed by atoms with Crippen molar-refractivity contribution in [3.63, 3.8) is 0 Å². The quantitative estimate of drug-likeness (QED) is 0.512. The zero-order valence-electron chi connectivity index (χ0n) is 12.5. The van der Waals surface area contributed by atoms with E-state index >= 15 is 0 Å². The van der Waals surface area contributed by atoms with Gasteiger partial charge in [0.15, 0.2) is 0 Å². The molecule has 0 aromatic rings. The van der Waals surface area contributed by atoms with E-state index in [-0.39, 0.29) is 0 Å². The second-order valence-electron chi connectivity index (χ2n) is 6.33. The van der Waals surface area contributed by atoms with E-state index < -0.39 is 0 Å². The van der Waals surface area contributed by atoms with Crippen molar-refractivity contribution in [3.05, 3.63) is 0 Å². The first-order chi connectivity index (χ1) is 9.40. The van der Waals surface area contributed by atoms with E-state index in [9.17, 15) is 0 Å². The lowest BCUT2D eigenvalue weighted by Gasteiger charge is -2.37. The fraction of sp³-hybridized carbons (Fsp3) is 1.00. The van der Waals surface area contributed by atoms with Crippen molar-refractivity contribution in [1.82, 2.24) is 9.80 Å². The minimum Gasteiger partial charge on any atom is -0.301 e. The van der Waals surface area contributed by atoms with Crippen LogP contribution in [0, 0.1) is 0 Å². The summed E-state index contributed by atoms with van der Waals surface area (Å²) in [6, 6.07) is 0.898. The molecule has 3 heteroatoms. The molecule has 2 nitrogen and oxygen atoms in total. The van der Waals surface area contributed by atoms with Gasteiger partial charge in [0.2, 0.25) is 0 Å². The van der Waals surface area contributed by atoms with Crippen molar-refractivity contribution in [2.45, 2.75) is 63.8 Å². The standard InChI is InChI=1S/C16H32N2S/c19-14-7-5-3-1-2-4-6-10-17-12-13-18-11-8-9-16(18)15-17/h16,19H,1-15H2. The van der Waals surface area contributed by atoms with Crippen molar-refractivity contribution in [2.75, 3.05) is 38.5 Å². The summed E-state index contributed by atoms with van der Waals surface area (Å²) < 4.78 is 0. The van der Waals surface area contributed by atoms with Crippen LogP contribution in [0.5, 0.6) is 0 Å². The zero-order valence-corrected chi connectivity index (χ0v) is 13.4. The van der Waals surface area contributed by atoms with Gasteiger partial charge in [-0.1, -0.05) is 32.1 Å². The molecular weight excluding hydrogens is 252 g/mol. The third-order valence-corrected chi connectivity index (χ3v) is 5.12. The summed E-state index contributed by atoms with van der Waals surface area (Å²) in [5.74, 6) is 1.06. The summed E-state index contributed by atoms with van der Waals surface area (Å²) in [4.78, 5) is 5.42. The summed E-state index contributed by atoms with van der Waals surface area (Å²) in [6.07, 6.45) is 12.7. The molecule has 0 N–H and O–H groups in total. The number of nitrogens with zero attached hydrogens (tertiary/aromatic N) is 2. The molecule has 0 aromatic heterocycles. The highest BCUT2D eigenvalue weighted by atomic mass is 32.1. The Morgan fingerprint density at radius 2 is 1.58 bits per heavy atom. The van der Waals surface area contributed by atoms with Crippen molar-refractivity contribution < 1.29 is 0 Å². The second-order valence-corrected chi connectivity index (χ2v) is 6.78. The Labute approximate surface area is 125 Å². The van der Waals surface area contributed by atoms with Crippen LogP contribution in [0.2, 0.25) is 0 Å². The minimum absolute atomic E-state index is 0.898. The highest BCUT2D eigenvalue weighted by Crippen LogP contribution is 2.21. The van der Waals surface area contributed by atoms with Gasteiger partial charge in [0, 0.05) is 25.7 Å². The molecule has 0 spiro atoms. The Morgan fingerprint density at radius 3 is 2.37 bits per heavy atom. The molecule has 112 valence electrons. The van der Waals surface area contributed by atoms with Crippen LogP contribution >= 0.6 is 12.6 Å². The molecule has 2 heterocycles. The van der Waals surface area contributed by atoms with Crippen molar-refractivity contribution in [3.8, 4) is 0 Å². The first kappa shape index (κ1) is 15.7. The Hall–Kier alpha value is 0.270. The number of unbranched alkanes of at least 4 members (excludes halogenated alkanes) is 6. The lowest BCUT2D eigenvalue weighted by atomic mass is 10.1. The van der Waals surface area contributed by atoms with E-state index in [1.807, 2.05) is 0 Å². The molecule has 2 aliphatic rings. The van der Waals surface area contributed by atoms with Gasteiger partial charge in [-0.2, -0.15) is 12.6 Å². The van der Waals surface area contributed by atoms with Crippen molar-refractivity contribution in [1.29, 1.82) is 0 Å². The van der Waals surface area contributed by atoms with Gasteiger partial charge in [0.25, 0.3) is 0 Å². The summed E-state index contributed by atoms with van der Waals surface area (Å²) >= 11 is 4.25. The number of rotatable bonds is 9. The van der Waals surface area contributed by atoms with Crippen molar-refractivity contribution >= 4 is 12.6 Å². The Morgan fingerprint density at radius 1 is 0.842 bits per heavy atom. The van der Waals surface area contributed by atoms with Crippen LogP contribution < -0.4 is 0 Å². The SMILES string of the molecule is SCCCCCCCCCN1CCN2CCCC2C1. The molecule has 19 heavy (non-hydrogen) atoms. The molecular formula is C16H32N2S. The third kappa shape index (κ3) is 5.65. The molecule has 0 aliphatic carbocycles. The molecule has 2 saturated heterocycles. The predicted octanol–water partition coefficient (Wildman–Crippen LogP) is 3.43. The average Bonchev–Trinajstić information content (AvgIpc) is 2.89. The Kier molecular flexibility index (Phi) is 7.62. The smallest absolute Gasteiger partial charge is 0.0224 e. The van der Waals surface area contributed by atoms with Crippen LogP contribution in [0.1, 0.15) is 57.8 Å². The highest BCUT2D eigenvalue weighted by molar-refractivity contribution is 7.80.